The third kappa shape index (κ3) is 5.09. The van der Waals surface area contributed by atoms with Gasteiger partial charge < -0.3 is 14.8 Å². The SMILES string of the molecule is C=CN(/N=C(\C)c1ccc(NCC2(C)Cc3c(C)c([N+](=O)[O-])c(C)c(C)c3O2)cc1)C1CCCCO1. The van der Waals surface area contributed by atoms with E-state index in [0.717, 1.165) is 59.7 Å². The molecular formula is C28H36N4O4. The van der Waals surface area contributed by atoms with Crippen LogP contribution in [0.2, 0.25) is 0 Å². The summed E-state index contributed by atoms with van der Waals surface area (Å²) in [5.74, 6) is 0.788. The number of anilines is 1. The van der Waals surface area contributed by atoms with Gasteiger partial charge in [-0.15, -0.1) is 0 Å². The third-order valence-corrected chi connectivity index (χ3v) is 7.29. The van der Waals surface area contributed by atoms with Crippen molar-refractivity contribution in [3.63, 3.8) is 0 Å². The van der Waals surface area contributed by atoms with Crippen LogP contribution in [0.25, 0.3) is 0 Å². The van der Waals surface area contributed by atoms with Gasteiger partial charge >= 0.3 is 0 Å². The van der Waals surface area contributed by atoms with Gasteiger partial charge in [-0.05, 0) is 71.6 Å². The number of hydrogen-bond donors (Lipinski definition) is 1. The molecule has 192 valence electrons. The van der Waals surface area contributed by atoms with Crippen LogP contribution in [0.3, 0.4) is 0 Å². The van der Waals surface area contributed by atoms with Gasteiger partial charge in [0.2, 0.25) is 0 Å². The maximum atomic E-state index is 11.6. The summed E-state index contributed by atoms with van der Waals surface area (Å²) in [4.78, 5) is 11.3. The molecule has 2 aromatic carbocycles. The maximum absolute atomic E-state index is 11.6. The molecule has 2 aliphatic heterocycles. The Balaban J connectivity index is 1.43. The number of benzene rings is 2. The Hall–Kier alpha value is -3.39. The van der Waals surface area contributed by atoms with Crippen molar-refractivity contribution in [2.24, 2.45) is 5.10 Å². The number of fused-ring (bicyclic) bond motifs is 1. The molecule has 0 amide bonds. The van der Waals surface area contributed by atoms with Crippen LogP contribution in [-0.4, -0.2) is 40.6 Å². The second-order valence-electron chi connectivity index (χ2n) is 10.0. The molecule has 2 atom stereocenters. The molecule has 8 nitrogen and oxygen atoms in total. The number of rotatable bonds is 8. The van der Waals surface area contributed by atoms with Crippen molar-refractivity contribution < 1.29 is 14.4 Å². The van der Waals surface area contributed by atoms with Gasteiger partial charge in [-0.1, -0.05) is 18.7 Å². The van der Waals surface area contributed by atoms with Crippen LogP contribution >= 0.6 is 0 Å². The summed E-state index contributed by atoms with van der Waals surface area (Å²) in [5.41, 5.74) is 5.73. The van der Waals surface area contributed by atoms with Gasteiger partial charge in [-0.3, -0.25) is 10.1 Å². The summed E-state index contributed by atoms with van der Waals surface area (Å²) in [6.45, 7) is 14.8. The number of hydrazone groups is 1. The quantitative estimate of drug-likeness (QED) is 0.275. The molecule has 2 unspecified atom stereocenters. The van der Waals surface area contributed by atoms with Crippen molar-refractivity contribution in [3.8, 4) is 5.75 Å². The Labute approximate surface area is 213 Å². The van der Waals surface area contributed by atoms with Crippen LogP contribution < -0.4 is 10.1 Å². The Morgan fingerprint density at radius 1 is 1.25 bits per heavy atom. The van der Waals surface area contributed by atoms with Crippen molar-refractivity contribution in [1.29, 1.82) is 0 Å². The van der Waals surface area contributed by atoms with Crippen LogP contribution in [0.1, 0.15) is 60.9 Å². The summed E-state index contributed by atoms with van der Waals surface area (Å²) in [5, 5.41) is 21.6. The summed E-state index contributed by atoms with van der Waals surface area (Å²) in [7, 11) is 0. The first-order valence-electron chi connectivity index (χ1n) is 12.5. The number of nitrogens with zero attached hydrogens (tertiary/aromatic N) is 3. The van der Waals surface area contributed by atoms with E-state index >= 15 is 0 Å². The maximum Gasteiger partial charge on any atom is 0.275 e. The fourth-order valence-electron chi connectivity index (χ4n) is 5.05. The van der Waals surface area contributed by atoms with Crippen molar-refractivity contribution in [2.45, 2.75) is 72.1 Å². The lowest BCUT2D eigenvalue weighted by Crippen LogP contribution is -2.38. The topological polar surface area (TPSA) is 89.2 Å². The van der Waals surface area contributed by atoms with Crippen LogP contribution in [0.5, 0.6) is 5.75 Å². The molecule has 1 saturated heterocycles. The van der Waals surface area contributed by atoms with E-state index in [1.807, 2.05) is 57.0 Å². The molecule has 8 heteroatoms. The Morgan fingerprint density at radius 3 is 2.58 bits per heavy atom. The van der Waals surface area contributed by atoms with E-state index in [9.17, 15) is 10.1 Å². The molecule has 2 heterocycles. The number of hydrogen-bond acceptors (Lipinski definition) is 7. The van der Waals surface area contributed by atoms with E-state index in [-0.39, 0.29) is 16.8 Å². The standard InChI is InChI=1S/C28H36N4O4/c1-7-31(25-10-8-9-15-35-25)30-21(5)22-11-13-23(14-12-22)29-17-28(6)16-24-20(4)26(32(33)34)18(2)19(3)27(24)36-28/h7,11-14,25,29H,1,8-10,15-17H2,2-6H3/b30-21+. The van der Waals surface area contributed by atoms with Gasteiger partial charge in [0.25, 0.3) is 5.69 Å². The molecule has 0 bridgehead atoms. The molecule has 0 aliphatic carbocycles. The van der Waals surface area contributed by atoms with Crippen molar-refractivity contribution in [3.05, 3.63) is 75.0 Å². The zero-order valence-electron chi connectivity index (χ0n) is 21.9. The summed E-state index contributed by atoms with van der Waals surface area (Å²) >= 11 is 0. The summed E-state index contributed by atoms with van der Waals surface area (Å²) < 4.78 is 12.2. The van der Waals surface area contributed by atoms with E-state index in [2.05, 4.69) is 11.9 Å². The van der Waals surface area contributed by atoms with E-state index < -0.39 is 5.60 Å². The second kappa shape index (κ2) is 10.3. The molecule has 2 aliphatic rings. The highest BCUT2D eigenvalue weighted by molar-refractivity contribution is 5.98. The highest BCUT2D eigenvalue weighted by atomic mass is 16.6. The Kier molecular flexibility index (Phi) is 7.36. The first kappa shape index (κ1) is 25.7. The molecule has 0 spiro atoms. The molecule has 0 saturated carbocycles. The van der Waals surface area contributed by atoms with E-state index in [1.165, 1.54) is 0 Å². The van der Waals surface area contributed by atoms with Gasteiger partial charge in [-0.2, -0.15) is 5.10 Å². The second-order valence-corrected chi connectivity index (χ2v) is 10.0. The predicted octanol–water partition coefficient (Wildman–Crippen LogP) is 6.02. The average Bonchev–Trinajstić information content (AvgIpc) is 3.24. The van der Waals surface area contributed by atoms with Gasteiger partial charge in [-0.25, -0.2) is 5.01 Å². The fraction of sp³-hybridized carbons (Fsp3) is 0.464. The van der Waals surface area contributed by atoms with Gasteiger partial charge in [0, 0.05) is 47.2 Å². The first-order valence-corrected chi connectivity index (χ1v) is 12.5. The minimum atomic E-state index is -0.500. The lowest BCUT2D eigenvalue weighted by Gasteiger charge is -2.29. The van der Waals surface area contributed by atoms with E-state index in [1.54, 1.807) is 13.1 Å². The largest absolute Gasteiger partial charge is 0.485 e. The fourth-order valence-corrected chi connectivity index (χ4v) is 5.05. The molecule has 1 fully saturated rings. The molecule has 4 rings (SSSR count). The summed E-state index contributed by atoms with van der Waals surface area (Å²) in [6.07, 6.45) is 5.45. The molecule has 0 radical (unpaired) electrons. The van der Waals surface area contributed by atoms with Crippen molar-refractivity contribution >= 4 is 17.1 Å². The number of nitrogens with one attached hydrogen (secondary N) is 1. The smallest absolute Gasteiger partial charge is 0.275 e. The van der Waals surface area contributed by atoms with Gasteiger partial charge in [0.1, 0.15) is 17.6 Å². The Morgan fingerprint density at radius 2 is 1.97 bits per heavy atom. The first-order chi connectivity index (χ1) is 17.1. The van der Waals surface area contributed by atoms with Crippen LogP contribution in [0.15, 0.2) is 42.1 Å². The molecule has 0 aromatic heterocycles. The Bertz CT molecular complexity index is 1190. The lowest BCUT2D eigenvalue weighted by atomic mass is 9.92. The zero-order valence-corrected chi connectivity index (χ0v) is 21.9. The third-order valence-electron chi connectivity index (χ3n) is 7.29. The normalized spacial score (nSPS) is 21.5. The summed E-state index contributed by atoms with van der Waals surface area (Å²) in [6, 6.07) is 8.14. The molecular weight excluding hydrogens is 456 g/mol. The minimum absolute atomic E-state index is 0.0547. The molecule has 2 aromatic rings. The average molecular weight is 493 g/mol. The minimum Gasteiger partial charge on any atom is -0.485 e. The van der Waals surface area contributed by atoms with Crippen LogP contribution in [-0.2, 0) is 11.2 Å². The highest BCUT2D eigenvalue weighted by Crippen LogP contribution is 2.45. The van der Waals surface area contributed by atoms with E-state index in [4.69, 9.17) is 14.6 Å². The monoisotopic (exact) mass is 492 g/mol. The lowest BCUT2D eigenvalue weighted by molar-refractivity contribution is -0.386. The number of ether oxygens (including phenoxy) is 2. The number of nitro groups is 1. The van der Waals surface area contributed by atoms with Crippen molar-refractivity contribution in [2.75, 3.05) is 18.5 Å². The molecule has 1 N–H and O–H groups in total. The van der Waals surface area contributed by atoms with E-state index in [0.29, 0.717) is 24.1 Å². The van der Waals surface area contributed by atoms with Gasteiger partial charge in [0.05, 0.1) is 17.2 Å². The van der Waals surface area contributed by atoms with Crippen molar-refractivity contribution in [1.82, 2.24) is 5.01 Å². The van der Waals surface area contributed by atoms with Gasteiger partial charge in [0.15, 0.2) is 0 Å². The zero-order chi connectivity index (χ0) is 26.0. The predicted molar refractivity (Wildman–Crippen MR) is 143 cm³/mol. The molecule has 36 heavy (non-hydrogen) atoms. The van der Waals surface area contributed by atoms with Crippen LogP contribution in [0.4, 0.5) is 11.4 Å². The number of nitro benzene ring substituents is 1. The van der Waals surface area contributed by atoms with Crippen LogP contribution in [0, 0.1) is 30.9 Å². The highest BCUT2D eigenvalue weighted by Gasteiger charge is 2.39.